The summed E-state index contributed by atoms with van der Waals surface area (Å²) in [6.07, 6.45) is 3.33. The maximum Gasteiger partial charge on any atom is 0.256 e. The van der Waals surface area contributed by atoms with Crippen molar-refractivity contribution in [1.29, 1.82) is 0 Å². The van der Waals surface area contributed by atoms with E-state index in [4.69, 9.17) is 21.3 Å². The van der Waals surface area contributed by atoms with Gasteiger partial charge >= 0.3 is 0 Å². The van der Waals surface area contributed by atoms with E-state index >= 15 is 0 Å². The third-order valence-electron chi connectivity index (χ3n) is 6.37. The third-order valence-corrected chi connectivity index (χ3v) is 6.84. The van der Waals surface area contributed by atoms with Crippen LogP contribution in [0.5, 0.6) is 5.75 Å². The van der Waals surface area contributed by atoms with Crippen LogP contribution in [0.25, 0.3) is 22.2 Å². The summed E-state index contributed by atoms with van der Waals surface area (Å²) in [6, 6.07) is 12.8. The standard InChI is InChI=1S/C28H25ClFN5O2/c1-16-9-10-31-23(14-35-11-5-6-19(13-30)28(35)36)22(16)15-37-24-8-4-7-20-21(12-17(2)32-26(20)24)27-25(29)18(3)33-34-27/h4-12H,13-15H2,1-3H3,(H,33,34). The zero-order chi connectivity index (χ0) is 26.1. The molecule has 1 aromatic carbocycles. The van der Waals surface area contributed by atoms with E-state index in [0.717, 1.165) is 33.5 Å². The van der Waals surface area contributed by atoms with Crippen molar-refractivity contribution in [2.45, 2.75) is 40.6 Å². The minimum atomic E-state index is -0.810. The van der Waals surface area contributed by atoms with Gasteiger partial charge in [0.2, 0.25) is 0 Å². The summed E-state index contributed by atoms with van der Waals surface area (Å²) >= 11 is 6.51. The topological polar surface area (TPSA) is 85.7 Å². The molecule has 0 radical (unpaired) electrons. The van der Waals surface area contributed by atoms with Crippen LogP contribution in [0, 0.1) is 20.8 Å². The SMILES string of the molecule is Cc1cc(-c2n[nH]c(C)c2Cl)c2cccc(OCc3c(C)ccnc3Cn3cccc(CF)c3=O)c2n1. The molecule has 5 aromatic rings. The van der Waals surface area contributed by atoms with Gasteiger partial charge in [0.05, 0.1) is 23.0 Å². The van der Waals surface area contributed by atoms with E-state index in [0.29, 0.717) is 27.7 Å². The molecular formula is C28H25ClFN5O2. The Hall–Kier alpha value is -4.04. The first-order valence-electron chi connectivity index (χ1n) is 11.8. The van der Waals surface area contributed by atoms with Crippen LogP contribution in [-0.2, 0) is 19.8 Å². The molecule has 188 valence electrons. The Balaban J connectivity index is 1.51. The van der Waals surface area contributed by atoms with Crippen molar-refractivity contribution < 1.29 is 9.13 Å². The van der Waals surface area contributed by atoms with Gasteiger partial charge in [-0.05, 0) is 56.7 Å². The molecule has 0 aliphatic rings. The highest BCUT2D eigenvalue weighted by Crippen LogP contribution is 2.36. The van der Waals surface area contributed by atoms with Crippen molar-refractivity contribution in [2.75, 3.05) is 0 Å². The van der Waals surface area contributed by atoms with E-state index in [2.05, 4.69) is 15.2 Å². The molecule has 0 saturated carbocycles. The molecule has 0 unspecified atom stereocenters. The molecule has 0 atom stereocenters. The highest BCUT2D eigenvalue weighted by atomic mass is 35.5. The molecule has 37 heavy (non-hydrogen) atoms. The molecule has 4 aromatic heterocycles. The van der Waals surface area contributed by atoms with Gasteiger partial charge in [-0.1, -0.05) is 23.7 Å². The summed E-state index contributed by atoms with van der Waals surface area (Å²) < 4.78 is 21.0. The largest absolute Gasteiger partial charge is 0.487 e. The molecule has 1 N–H and O–H groups in total. The number of aromatic nitrogens is 5. The van der Waals surface area contributed by atoms with Gasteiger partial charge in [-0.15, -0.1) is 0 Å². The number of ether oxygens (including phenoxy) is 1. The fourth-order valence-corrected chi connectivity index (χ4v) is 4.55. The number of nitrogens with zero attached hydrogens (tertiary/aromatic N) is 4. The van der Waals surface area contributed by atoms with Crippen LogP contribution >= 0.6 is 11.6 Å². The molecule has 0 fully saturated rings. The van der Waals surface area contributed by atoms with E-state index in [1.807, 2.05) is 51.1 Å². The van der Waals surface area contributed by atoms with E-state index in [9.17, 15) is 9.18 Å². The Morgan fingerprint density at radius 3 is 2.73 bits per heavy atom. The summed E-state index contributed by atoms with van der Waals surface area (Å²) in [7, 11) is 0. The Bertz CT molecular complexity index is 1680. The van der Waals surface area contributed by atoms with Gasteiger partial charge in [0.1, 0.15) is 30.2 Å². The summed E-state index contributed by atoms with van der Waals surface area (Å²) in [4.78, 5) is 21.8. The van der Waals surface area contributed by atoms with Crippen molar-refractivity contribution in [2.24, 2.45) is 0 Å². The first kappa shape index (κ1) is 24.6. The Morgan fingerprint density at radius 1 is 1.14 bits per heavy atom. The molecule has 0 aliphatic heterocycles. The number of H-pyrrole nitrogens is 1. The molecule has 0 amide bonds. The maximum absolute atomic E-state index is 13.2. The number of pyridine rings is 3. The molecule has 0 saturated heterocycles. The number of rotatable bonds is 7. The van der Waals surface area contributed by atoms with Crippen molar-refractivity contribution in [3.05, 3.63) is 104 Å². The summed E-state index contributed by atoms with van der Waals surface area (Å²) in [6.45, 7) is 5.38. The van der Waals surface area contributed by atoms with Gasteiger partial charge in [-0.2, -0.15) is 5.10 Å². The third kappa shape index (κ3) is 4.72. The predicted molar refractivity (Wildman–Crippen MR) is 142 cm³/mol. The predicted octanol–water partition coefficient (Wildman–Crippen LogP) is 5.86. The van der Waals surface area contributed by atoms with E-state index < -0.39 is 6.67 Å². The van der Waals surface area contributed by atoms with Crippen LogP contribution < -0.4 is 10.3 Å². The number of aromatic amines is 1. The number of hydrogen-bond acceptors (Lipinski definition) is 5. The number of hydrogen-bond donors (Lipinski definition) is 1. The zero-order valence-electron chi connectivity index (χ0n) is 20.7. The van der Waals surface area contributed by atoms with Crippen LogP contribution in [0.4, 0.5) is 4.39 Å². The molecule has 7 nitrogen and oxygen atoms in total. The Kier molecular flexibility index (Phi) is 6.76. The second-order valence-corrected chi connectivity index (χ2v) is 9.29. The average molecular weight is 518 g/mol. The molecular weight excluding hydrogens is 493 g/mol. The summed E-state index contributed by atoms with van der Waals surface area (Å²) in [5.74, 6) is 0.608. The normalized spacial score (nSPS) is 11.3. The summed E-state index contributed by atoms with van der Waals surface area (Å²) in [5.41, 5.74) is 6.10. The monoisotopic (exact) mass is 517 g/mol. The lowest BCUT2D eigenvalue weighted by atomic mass is 10.0. The average Bonchev–Trinajstić information content (AvgIpc) is 3.22. The molecule has 4 heterocycles. The molecule has 0 spiro atoms. The van der Waals surface area contributed by atoms with Gasteiger partial charge < -0.3 is 9.30 Å². The van der Waals surface area contributed by atoms with Gasteiger partial charge in [0.25, 0.3) is 5.56 Å². The fraction of sp³-hybridized carbons (Fsp3) is 0.214. The lowest BCUT2D eigenvalue weighted by Crippen LogP contribution is -2.24. The second kappa shape index (κ2) is 10.1. The van der Waals surface area contributed by atoms with Crippen LogP contribution in [0.3, 0.4) is 0 Å². The summed E-state index contributed by atoms with van der Waals surface area (Å²) in [5, 5.41) is 8.78. The van der Waals surface area contributed by atoms with Crippen LogP contribution in [-0.4, -0.2) is 24.7 Å². The number of aryl methyl sites for hydroxylation is 3. The van der Waals surface area contributed by atoms with Crippen molar-refractivity contribution >= 4 is 22.5 Å². The number of nitrogens with one attached hydrogen (secondary N) is 1. The minimum absolute atomic E-state index is 0.119. The molecule has 9 heteroatoms. The van der Waals surface area contributed by atoms with Crippen molar-refractivity contribution in [1.82, 2.24) is 24.7 Å². The number of fused-ring (bicyclic) bond motifs is 1. The Labute approximate surface area is 217 Å². The van der Waals surface area contributed by atoms with Crippen molar-refractivity contribution in [3.8, 4) is 17.0 Å². The zero-order valence-corrected chi connectivity index (χ0v) is 21.4. The maximum atomic E-state index is 13.2. The fourth-order valence-electron chi connectivity index (χ4n) is 4.36. The van der Waals surface area contributed by atoms with Crippen molar-refractivity contribution in [3.63, 3.8) is 0 Å². The molecule has 0 aliphatic carbocycles. The molecule has 0 bridgehead atoms. The van der Waals surface area contributed by atoms with E-state index in [1.54, 1.807) is 18.5 Å². The van der Waals surface area contributed by atoms with E-state index in [-0.39, 0.29) is 24.3 Å². The highest BCUT2D eigenvalue weighted by molar-refractivity contribution is 6.34. The van der Waals surface area contributed by atoms with Crippen LogP contribution in [0.15, 0.2) is 59.7 Å². The quantitative estimate of drug-likeness (QED) is 0.292. The van der Waals surface area contributed by atoms with Gasteiger partial charge in [-0.3, -0.25) is 14.9 Å². The number of halogens is 2. The smallest absolute Gasteiger partial charge is 0.256 e. The number of para-hydroxylation sites is 1. The number of benzene rings is 1. The highest BCUT2D eigenvalue weighted by Gasteiger charge is 2.17. The van der Waals surface area contributed by atoms with Gasteiger partial charge in [0.15, 0.2) is 0 Å². The number of alkyl halides is 1. The first-order chi connectivity index (χ1) is 17.9. The minimum Gasteiger partial charge on any atom is -0.487 e. The van der Waals surface area contributed by atoms with Crippen LogP contribution in [0.1, 0.15) is 33.8 Å². The molecule has 5 rings (SSSR count). The Morgan fingerprint density at radius 2 is 1.97 bits per heavy atom. The van der Waals surface area contributed by atoms with Crippen LogP contribution in [0.2, 0.25) is 5.02 Å². The van der Waals surface area contributed by atoms with Gasteiger partial charge in [0, 0.05) is 40.2 Å². The second-order valence-electron chi connectivity index (χ2n) is 8.92. The lowest BCUT2D eigenvalue weighted by Gasteiger charge is -2.16. The lowest BCUT2D eigenvalue weighted by molar-refractivity contribution is 0.306. The first-order valence-corrected chi connectivity index (χ1v) is 12.2. The van der Waals surface area contributed by atoms with E-state index in [1.165, 1.54) is 10.6 Å². The van der Waals surface area contributed by atoms with Gasteiger partial charge in [-0.25, -0.2) is 9.37 Å².